The molecule has 116 valence electrons. The van der Waals surface area contributed by atoms with Crippen LogP contribution in [-0.4, -0.2) is 22.1 Å². The number of hydrogen-bond donors (Lipinski definition) is 3. The number of carbonyl (C=O) groups is 1. The van der Waals surface area contributed by atoms with Gasteiger partial charge in [-0.15, -0.1) is 0 Å². The number of aryl methyl sites for hydroxylation is 1. The number of carboxylic acid groups (broad SMARTS) is 1. The van der Waals surface area contributed by atoms with E-state index < -0.39 is 12.0 Å². The lowest BCUT2D eigenvalue weighted by atomic mass is 9.90. The SMILES string of the molecule is Cc1ccc([C@@H]2N[C@@H](C(=O)O)Cc3c2[nH]c2ccccc32)cc1. The third-order valence-corrected chi connectivity index (χ3v) is 4.62. The van der Waals surface area contributed by atoms with Crippen LogP contribution in [0.4, 0.5) is 0 Å². The Kier molecular flexibility index (Phi) is 3.20. The zero-order chi connectivity index (χ0) is 16.0. The predicted molar refractivity (Wildman–Crippen MR) is 89.6 cm³/mol. The Balaban J connectivity index is 1.89. The normalized spacial score (nSPS) is 20.4. The van der Waals surface area contributed by atoms with Gasteiger partial charge in [-0.2, -0.15) is 0 Å². The maximum Gasteiger partial charge on any atom is 0.321 e. The molecule has 0 bridgehead atoms. The van der Waals surface area contributed by atoms with Crippen LogP contribution in [0.25, 0.3) is 10.9 Å². The number of aromatic amines is 1. The largest absolute Gasteiger partial charge is 0.480 e. The highest BCUT2D eigenvalue weighted by molar-refractivity contribution is 5.87. The molecule has 2 heterocycles. The Morgan fingerprint density at radius 2 is 1.87 bits per heavy atom. The van der Waals surface area contributed by atoms with Gasteiger partial charge in [-0.1, -0.05) is 48.0 Å². The number of para-hydroxylation sites is 1. The molecular formula is C19H18N2O2. The molecule has 0 saturated heterocycles. The van der Waals surface area contributed by atoms with Crippen molar-refractivity contribution in [2.75, 3.05) is 0 Å². The molecule has 23 heavy (non-hydrogen) atoms. The summed E-state index contributed by atoms with van der Waals surface area (Å²) in [4.78, 5) is 15.1. The van der Waals surface area contributed by atoms with Gasteiger partial charge in [-0.3, -0.25) is 10.1 Å². The average molecular weight is 306 g/mol. The second kappa shape index (κ2) is 5.25. The van der Waals surface area contributed by atoms with Crippen molar-refractivity contribution in [3.63, 3.8) is 0 Å². The summed E-state index contributed by atoms with van der Waals surface area (Å²) in [5, 5.41) is 13.9. The molecule has 1 aliphatic rings. The third-order valence-electron chi connectivity index (χ3n) is 4.62. The summed E-state index contributed by atoms with van der Waals surface area (Å²) in [6.45, 7) is 2.05. The van der Waals surface area contributed by atoms with Crippen molar-refractivity contribution in [2.24, 2.45) is 0 Å². The smallest absolute Gasteiger partial charge is 0.321 e. The standard InChI is InChI=1S/C19H18N2O2/c1-11-6-8-12(9-7-11)17-18-14(10-16(21-17)19(22)23)13-4-2-3-5-15(13)20-18/h2-9,16-17,20-21H,10H2,1H3,(H,22,23)/t16-,17+/m1/s1. The molecule has 0 saturated carbocycles. The molecular weight excluding hydrogens is 288 g/mol. The van der Waals surface area contributed by atoms with Crippen molar-refractivity contribution >= 4 is 16.9 Å². The Bertz CT molecular complexity index is 880. The topological polar surface area (TPSA) is 65.1 Å². The van der Waals surface area contributed by atoms with Crippen molar-refractivity contribution in [3.8, 4) is 0 Å². The molecule has 2 aromatic carbocycles. The molecule has 0 radical (unpaired) electrons. The Labute approximate surface area is 134 Å². The van der Waals surface area contributed by atoms with E-state index in [4.69, 9.17) is 0 Å². The van der Waals surface area contributed by atoms with Crippen LogP contribution in [0.1, 0.15) is 28.4 Å². The van der Waals surface area contributed by atoms with Gasteiger partial charge < -0.3 is 10.1 Å². The van der Waals surface area contributed by atoms with E-state index in [-0.39, 0.29) is 6.04 Å². The maximum atomic E-state index is 11.6. The summed E-state index contributed by atoms with van der Waals surface area (Å²) in [5.41, 5.74) is 5.51. The second-order valence-electron chi connectivity index (χ2n) is 6.17. The highest BCUT2D eigenvalue weighted by Crippen LogP contribution is 2.35. The van der Waals surface area contributed by atoms with E-state index in [9.17, 15) is 9.90 Å². The number of carboxylic acids is 1. The van der Waals surface area contributed by atoms with E-state index in [2.05, 4.69) is 40.6 Å². The molecule has 0 fully saturated rings. The lowest BCUT2D eigenvalue weighted by molar-refractivity contribution is -0.139. The van der Waals surface area contributed by atoms with Crippen LogP contribution in [0.2, 0.25) is 0 Å². The van der Waals surface area contributed by atoms with Gasteiger partial charge in [0, 0.05) is 23.0 Å². The van der Waals surface area contributed by atoms with Gasteiger partial charge in [-0.25, -0.2) is 0 Å². The molecule has 4 heteroatoms. The molecule has 0 spiro atoms. The summed E-state index contributed by atoms with van der Waals surface area (Å²) < 4.78 is 0. The molecule has 0 unspecified atom stereocenters. The Hall–Kier alpha value is -2.59. The monoisotopic (exact) mass is 306 g/mol. The zero-order valence-corrected chi connectivity index (χ0v) is 12.8. The van der Waals surface area contributed by atoms with Crippen molar-refractivity contribution in [3.05, 3.63) is 70.9 Å². The minimum absolute atomic E-state index is 0.132. The molecule has 3 N–H and O–H groups in total. The fourth-order valence-corrected chi connectivity index (χ4v) is 3.42. The third kappa shape index (κ3) is 2.32. The first-order valence-corrected chi connectivity index (χ1v) is 7.78. The van der Waals surface area contributed by atoms with Crippen molar-refractivity contribution in [1.82, 2.24) is 10.3 Å². The first-order valence-electron chi connectivity index (χ1n) is 7.78. The number of H-pyrrole nitrogens is 1. The second-order valence-corrected chi connectivity index (χ2v) is 6.17. The number of rotatable bonds is 2. The van der Waals surface area contributed by atoms with Gasteiger partial charge in [0.2, 0.25) is 0 Å². The van der Waals surface area contributed by atoms with Gasteiger partial charge in [0.1, 0.15) is 6.04 Å². The summed E-state index contributed by atoms with van der Waals surface area (Å²) >= 11 is 0. The number of benzene rings is 2. The Morgan fingerprint density at radius 3 is 2.61 bits per heavy atom. The molecule has 4 nitrogen and oxygen atoms in total. The molecule has 2 atom stereocenters. The summed E-state index contributed by atoms with van der Waals surface area (Å²) in [6, 6.07) is 15.6. The van der Waals surface area contributed by atoms with Crippen LogP contribution < -0.4 is 5.32 Å². The predicted octanol–water partition coefficient (Wildman–Crippen LogP) is 3.16. The van der Waals surface area contributed by atoms with Crippen molar-refractivity contribution in [1.29, 1.82) is 0 Å². The van der Waals surface area contributed by atoms with E-state index in [0.717, 1.165) is 27.7 Å². The number of aliphatic carboxylic acids is 1. The highest BCUT2D eigenvalue weighted by atomic mass is 16.4. The molecule has 0 amide bonds. The van der Waals surface area contributed by atoms with Crippen LogP contribution in [0.5, 0.6) is 0 Å². The lowest BCUT2D eigenvalue weighted by Gasteiger charge is -2.29. The van der Waals surface area contributed by atoms with Gasteiger partial charge in [0.15, 0.2) is 0 Å². The molecule has 1 aromatic heterocycles. The van der Waals surface area contributed by atoms with E-state index in [1.807, 2.05) is 25.1 Å². The van der Waals surface area contributed by atoms with E-state index in [0.29, 0.717) is 6.42 Å². The summed E-state index contributed by atoms with van der Waals surface area (Å²) in [7, 11) is 0. The van der Waals surface area contributed by atoms with E-state index >= 15 is 0 Å². The van der Waals surface area contributed by atoms with Gasteiger partial charge >= 0.3 is 5.97 Å². The fraction of sp³-hybridized carbons (Fsp3) is 0.211. The van der Waals surface area contributed by atoms with Crippen LogP contribution in [0.3, 0.4) is 0 Å². The average Bonchev–Trinajstić information content (AvgIpc) is 2.93. The summed E-state index contributed by atoms with van der Waals surface area (Å²) in [5.74, 6) is -0.807. The fourth-order valence-electron chi connectivity index (χ4n) is 3.42. The number of nitrogens with one attached hydrogen (secondary N) is 2. The number of hydrogen-bond acceptors (Lipinski definition) is 2. The maximum absolute atomic E-state index is 11.6. The molecule has 0 aliphatic carbocycles. The van der Waals surface area contributed by atoms with E-state index in [1.165, 1.54) is 5.56 Å². The lowest BCUT2D eigenvalue weighted by Crippen LogP contribution is -2.44. The minimum atomic E-state index is -0.807. The first kappa shape index (κ1) is 14.0. The van der Waals surface area contributed by atoms with Gasteiger partial charge in [0.25, 0.3) is 0 Å². The van der Waals surface area contributed by atoms with Gasteiger partial charge in [0.05, 0.1) is 6.04 Å². The van der Waals surface area contributed by atoms with Crippen LogP contribution in [0.15, 0.2) is 48.5 Å². The molecule has 3 aromatic rings. The highest BCUT2D eigenvalue weighted by Gasteiger charge is 2.33. The first-order chi connectivity index (χ1) is 11.1. The number of aromatic nitrogens is 1. The minimum Gasteiger partial charge on any atom is -0.480 e. The van der Waals surface area contributed by atoms with Crippen molar-refractivity contribution < 1.29 is 9.90 Å². The van der Waals surface area contributed by atoms with Crippen LogP contribution in [-0.2, 0) is 11.2 Å². The van der Waals surface area contributed by atoms with Crippen molar-refractivity contribution in [2.45, 2.75) is 25.4 Å². The Morgan fingerprint density at radius 1 is 1.13 bits per heavy atom. The molecule has 4 rings (SSSR count). The summed E-state index contributed by atoms with van der Waals surface area (Å²) in [6.07, 6.45) is 0.497. The van der Waals surface area contributed by atoms with E-state index in [1.54, 1.807) is 0 Å². The van der Waals surface area contributed by atoms with Crippen LogP contribution >= 0.6 is 0 Å². The quantitative estimate of drug-likeness (QED) is 0.681. The number of fused-ring (bicyclic) bond motifs is 3. The molecule has 1 aliphatic heterocycles. The van der Waals surface area contributed by atoms with Gasteiger partial charge in [-0.05, 0) is 24.1 Å². The van der Waals surface area contributed by atoms with Crippen LogP contribution in [0, 0.1) is 6.92 Å². The zero-order valence-electron chi connectivity index (χ0n) is 12.8.